The predicted octanol–water partition coefficient (Wildman–Crippen LogP) is 8.02. The number of piperazine rings is 1. The normalized spacial score (nSPS) is 16.9. The fourth-order valence-electron chi connectivity index (χ4n) is 5.85. The van der Waals surface area contributed by atoms with Crippen LogP contribution in [-0.4, -0.2) is 45.6 Å². The number of aromatic nitrogens is 1. The molecule has 0 bridgehead atoms. The van der Waals surface area contributed by atoms with Crippen LogP contribution in [0.4, 0.5) is 13.2 Å². The van der Waals surface area contributed by atoms with E-state index in [-0.39, 0.29) is 23.2 Å². The van der Waals surface area contributed by atoms with Crippen molar-refractivity contribution in [2.75, 3.05) is 19.6 Å². The number of aryl methyl sites for hydroxylation is 1. The quantitative estimate of drug-likeness (QED) is 0.217. The topological polar surface area (TPSA) is 51.6 Å². The first kappa shape index (κ1) is 32.7. The van der Waals surface area contributed by atoms with E-state index in [4.69, 9.17) is 4.98 Å². The molecule has 2 N–H and O–H groups in total. The Morgan fingerprint density at radius 3 is 2.34 bits per heavy atom. The van der Waals surface area contributed by atoms with Crippen molar-refractivity contribution < 1.29 is 18.3 Å². The third-order valence-corrected chi connectivity index (χ3v) is 7.98. The van der Waals surface area contributed by atoms with Gasteiger partial charge in [0.2, 0.25) is 0 Å². The molecule has 0 radical (unpaired) electrons. The summed E-state index contributed by atoms with van der Waals surface area (Å²) in [7, 11) is 0. The van der Waals surface area contributed by atoms with E-state index in [0.29, 0.717) is 31.1 Å². The lowest BCUT2D eigenvalue weighted by molar-refractivity contribution is 0.0998. The van der Waals surface area contributed by atoms with Crippen molar-refractivity contribution in [3.63, 3.8) is 0 Å². The number of aliphatic hydroxyl groups is 1. The molecule has 234 valence electrons. The third-order valence-electron chi connectivity index (χ3n) is 7.98. The largest absolute Gasteiger partial charge is 0.511 e. The van der Waals surface area contributed by atoms with Gasteiger partial charge in [0, 0.05) is 43.5 Å². The Morgan fingerprint density at radius 1 is 1.05 bits per heavy atom. The van der Waals surface area contributed by atoms with Crippen LogP contribution in [-0.2, 0) is 12.0 Å². The minimum absolute atomic E-state index is 0.0333. The smallest absolute Gasteiger partial charge is 0.263 e. The summed E-state index contributed by atoms with van der Waals surface area (Å²) in [6.45, 7) is 22.4. The lowest BCUT2D eigenvalue weighted by Gasteiger charge is -2.47. The molecule has 1 fully saturated rings. The van der Waals surface area contributed by atoms with Gasteiger partial charge >= 0.3 is 0 Å². The predicted molar refractivity (Wildman–Crippen MR) is 171 cm³/mol. The molecule has 3 aromatic rings. The molecule has 2 aromatic carbocycles. The number of hydrogen-bond donors (Lipinski definition) is 2. The van der Waals surface area contributed by atoms with Crippen LogP contribution in [0.1, 0.15) is 61.6 Å². The van der Waals surface area contributed by atoms with Crippen LogP contribution in [0.2, 0.25) is 0 Å². The zero-order valence-corrected chi connectivity index (χ0v) is 26.1. The summed E-state index contributed by atoms with van der Waals surface area (Å²) < 4.78 is 43.1. The van der Waals surface area contributed by atoms with Crippen molar-refractivity contribution in [2.45, 2.75) is 58.5 Å². The highest BCUT2D eigenvalue weighted by molar-refractivity contribution is 5.42. The zero-order valence-electron chi connectivity index (χ0n) is 26.1. The second kappa shape index (κ2) is 13.2. The van der Waals surface area contributed by atoms with Gasteiger partial charge in [-0.15, -0.1) is 0 Å². The van der Waals surface area contributed by atoms with Gasteiger partial charge in [-0.1, -0.05) is 76.9 Å². The number of hydrogen-bond acceptors (Lipinski definition) is 5. The van der Waals surface area contributed by atoms with E-state index in [1.807, 2.05) is 54.3 Å². The van der Waals surface area contributed by atoms with Crippen molar-refractivity contribution in [2.24, 2.45) is 5.41 Å². The molecule has 1 aliphatic rings. The summed E-state index contributed by atoms with van der Waals surface area (Å²) >= 11 is 0. The van der Waals surface area contributed by atoms with Gasteiger partial charge in [-0.2, -0.15) is 0 Å². The molecule has 1 saturated heterocycles. The molecule has 0 spiro atoms. The Hall–Kier alpha value is -4.20. The van der Waals surface area contributed by atoms with Crippen LogP contribution in [0, 0.1) is 18.2 Å². The molecule has 0 unspecified atom stereocenters. The average molecular weight is 605 g/mol. The molecule has 8 heteroatoms. The minimum Gasteiger partial charge on any atom is -0.511 e. The van der Waals surface area contributed by atoms with Crippen molar-refractivity contribution in [3.05, 3.63) is 138 Å². The highest BCUT2D eigenvalue weighted by Gasteiger charge is 2.40. The molecule has 44 heavy (non-hydrogen) atoms. The van der Waals surface area contributed by atoms with Crippen LogP contribution in [0.5, 0.6) is 0 Å². The molecule has 0 aliphatic carbocycles. The first-order chi connectivity index (χ1) is 20.7. The summed E-state index contributed by atoms with van der Waals surface area (Å²) in [6, 6.07) is 16.2. The highest BCUT2D eigenvalue weighted by Crippen LogP contribution is 2.37. The van der Waals surface area contributed by atoms with Gasteiger partial charge in [-0.25, -0.2) is 13.2 Å². The van der Waals surface area contributed by atoms with Crippen molar-refractivity contribution in [1.29, 1.82) is 0 Å². The van der Waals surface area contributed by atoms with Gasteiger partial charge in [-0.05, 0) is 59.7 Å². The second-order valence-corrected chi connectivity index (χ2v) is 12.9. The van der Waals surface area contributed by atoms with Crippen LogP contribution in [0.3, 0.4) is 0 Å². The van der Waals surface area contributed by atoms with E-state index in [0.717, 1.165) is 29.3 Å². The molecule has 0 saturated carbocycles. The first-order valence-electron chi connectivity index (χ1n) is 14.8. The number of rotatable bonds is 11. The first-order valence-corrected chi connectivity index (χ1v) is 14.8. The van der Waals surface area contributed by atoms with Crippen LogP contribution in [0.15, 0.2) is 104 Å². The van der Waals surface area contributed by atoms with E-state index in [9.17, 15) is 13.9 Å². The fraction of sp³-hybridized carbons (Fsp3) is 0.361. The van der Waals surface area contributed by atoms with Crippen molar-refractivity contribution >= 4 is 0 Å². The Kier molecular flexibility index (Phi) is 9.81. The third kappa shape index (κ3) is 7.65. The van der Waals surface area contributed by atoms with Gasteiger partial charge in [0.05, 0.1) is 11.5 Å². The Labute approximate surface area is 259 Å². The van der Waals surface area contributed by atoms with Gasteiger partial charge < -0.3 is 20.2 Å². The number of halogens is 3. The number of nitrogens with one attached hydrogen (secondary N) is 1. The SMILES string of the molecule is C=C(O)[C@@H]1CN(C(=C)CC(C)(C)C)CCN1C(=C)N[C@@](Cc1ccccc1)(c1cc(F)cc(C(F)F)c1)c1ccc(C)cn1. The second-order valence-electron chi connectivity index (χ2n) is 12.9. The molecular weight excluding hydrogens is 561 g/mol. The number of pyridine rings is 1. The average Bonchev–Trinajstić information content (AvgIpc) is 2.96. The maximum atomic E-state index is 15.1. The summed E-state index contributed by atoms with van der Waals surface area (Å²) in [5.74, 6) is -0.385. The van der Waals surface area contributed by atoms with Crippen LogP contribution < -0.4 is 5.32 Å². The molecule has 1 aliphatic heterocycles. The van der Waals surface area contributed by atoms with Crippen molar-refractivity contribution in [1.82, 2.24) is 20.1 Å². The molecule has 5 nitrogen and oxygen atoms in total. The number of alkyl halides is 2. The maximum Gasteiger partial charge on any atom is 0.263 e. The Bertz CT molecular complexity index is 1480. The number of allylic oxidation sites excluding steroid dienone is 1. The summed E-state index contributed by atoms with van der Waals surface area (Å²) in [4.78, 5) is 8.81. The molecule has 4 rings (SSSR count). The Morgan fingerprint density at radius 2 is 1.75 bits per heavy atom. The summed E-state index contributed by atoms with van der Waals surface area (Å²) in [5, 5.41) is 14.3. The van der Waals surface area contributed by atoms with E-state index >= 15 is 4.39 Å². The maximum absolute atomic E-state index is 15.1. The van der Waals surface area contributed by atoms with E-state index in [1.54, 1.807) is 6.20 Å². The molecule has 1 aromatic heterocycles. The number of benzene rings is 2. The molecular formula is C36H43F3N4O. The van der Waals surface area contributed by atoms with E-state index in [2.05, 4.69) is 50.7 Å². The summed E-state index contributed by atoms with van der Waals surface area (Å²) in [6.07, 6.45) is -0.126. The van der Waals surface area contributed by atoms with Gasteiger partial charge in [-0.3, -0.25) is 4.98 Å². The van der Waals surface area contributed by atoms with Crippen LogP contribution >= 0.6 is 0 Å². The van der Waals surface area contributed by atoms with Gasteiger partial charge in [0.15, 0.2) is 0 Å². The van der Waals surface area contributed by atoms with Crippen molar-refractivity contribution in [3.8, 4) is 0 Å². The lowest BCUT2D eigenvalue weighted by Crippen LogP contribution is -2.57. The van der Waals surface area contributed by atoms with Crippen LogP contribution in [0.25, 0.3) is 0 Å². The minimum atomic E-state index is -2.87. The van der Waals surface area contributed by atoms with E-state index in [1.165, 1.54) is 12.1 Å². The summed E-state index contributed by atoms with van der Waals surface area (Å²) in [5.41, 5.74) is 1.88. The molecule has 0 amide bonds. The number of aliphatic hydroxyl groups excluding tert-OH is 1. The zero-order chi connectivity index (χ0) is 32.2. The van der Waals surface area contributed by atoms with Gasteiger partial charge in [0.1, 0.15) is 23.2 Å². The molecule has 2 heterocycles. The lowest BCUT2D eigenvalue weighted by atomic mass is 9.79. The number of nitrogens with zero attached hydrogens (tertiary/aromatic N) is 3. The molecule has 2 atom stereocenters. The standard InChI is InChI=1S/C36H43F3N4O/c1-24-13-14-33(40-22-24)36(21-28-11-9-8-10-12-28,30-17-29(34(38)39)18-31(37)19-30)41-27(4)43-16-15-42(23-32(43)26(3)44)25(2)20-35(5,6)7/h8-14,17-19,22,32,34,41,44H,2-4,15-16,20-21,23H2,1,5-7H3/t32-,36-/m0/s1. The van der Waals surface area contributed by atoms with Gasteiger partial charge in [0.25, 0.3) is 6.43 Å². The fourth-order valence-corrected chi connectivity index (χ4v) is 5.85. The Balaban J connectivity index is 1.81. The van der Waals surface area contributed by atoms with E-state index < -0.39 is 29.4 Å². The monoisotopic (exact) mass is 604 g/mol. The highest BCUT2D eigenvalue weighted by atomic mass is 19.3.